The van der Waals surface area contributed by atoms with Crippen molar-refractivity contribution in [2.45, 2.75) is 27.4 Å². The first-order valence-electron chi connectivity index (χ1n) is 8.41. The number of ether oxygens (including phenoxy) is 1. The van der Waals surface area contributed by atoms with E-state index in [9.17, 15) is 4.79 Å². The Morgan fingerprint density at radius 2 is 1.69 bits per heavy atom. The number of hydrogen-bond donors (Lipinski definition) is 1. The van der Waals surface area contributed by atoms with Crippen molar-refractivity contribution in [2.24, 2.45) is 0 Å². The summed E-state index contributed by atoms with van der Waals surface area (Å²) < 4.78 is 5.67. The largest absolute Gasteiger partial charge is 0.473 e. The first-order valence-corrected chi connectivity index (χ1v) is 8.41. The summed E-state index contributed by atoms with van der Waals surface area (Å²) in [5.41, 5.74) is 5.31. The highest BCUT2D eigenvalue weighted by Gasteiger charge is 2.13. The fourth-order valence-electron chi connectivity index (χ4n) is 2.83. The minimum atomic E-state index is -0.285. The predicted molar refractivity (Wildman–Crippen MR) is 101 cm³/mol. The number of anilines is 1. The van der Waals surface area contributed by atoms with E-state index in [1.807, 2.05) is 63.2 Å². The first-order chi connectivity index (χ1) is 12.5. The molecule has 0 aliphatic rings. The van der Waals surface area contributed by atoms with Gasteiger partial charge in [-0.25, -0.2) is 9.97 Å². The highest BCUT2D eigenvalue weighted by molar-refractivity contribution is 6.03. The molecule has 0 aliphatic carbocycles. The van der Waals surface area contributed by atoms with Crippen LogP contribution in [0.25, 0.3) is 0 Å². The number of aromatic nitrogens is 2. The third kappa shape index (κ3) is 4.25. The van der Waals surface area contributed by atoms with Crippen molar-refractivity contribution in [3.05, 3.63) is 82.8 Å². The van der Waals surface area contributed by atoms with E-state index in [1.165, 1.54) is 6.33 Å². The fraction of sp³-hybridized carbons (Fsp3) is 0.190. The van der Waals surface area contributed by atoms with Crippen LogP contribution in [0.15, 0.2) is 54.9 Å². The van der Waals surface area contributed by atoms with Crippen molar-refractivity contribution in [1.29, 1.82) is 0 Å². The molecule has 5 nitrogen and oxygen atoms in total. The lowest BCUT2D eigenvalue weighted by atomic mass is 10.1. The standard InChI is InChI=1S/C21H21N3O2/c1-14-9-15(2)20(16(3)10-14)24-21(25)18-11-19(23-13-22-18)26-12-17-7-5-4-6-8-17/h4-11,13H,12H2,1-3H3,(H,24,25). The molecular weight excluding hydrogens is 326 g/mol. The van der Waals surface area contributed by atoms with Crippen LogP contribution < -0.4 is 10.1 Å². The first kappa shape index (κ1) is 17.6. The molecule has 0 radical (unpaired) electrons. The van der Waals surface area contributed by atoms with Gasteiger partial charge in [0.05, 0.1) is 0 Å². The average Bonchev–Trinajstić information content (AvgIpc) is 2.64. The topological polar surface area (TPSA) is 64.1 Å². The van der Waals surface area contributed by atoms with Gasteiger partial charge in [-0.2, -0.15) is 0 Å². The van der Waals surface area contributed by atoms with Gasteiger partial charge in [-0.05, 0) is 37.5 Å². The van der Waals surface area contributed by atoms with Gasteiger partial charge in [0.1, 0.15) is 18.6 Å². The number of carbonyl (C=O) groups excluding carboxylic acids is 1. The SMILES string of the molecule is Cc1cc(C)c(NC(=O)c2cc(OCc3ccccc3)ncn2)c(C)c1. The quantitative estimate of drug-likeness (QED) is 0.750. The Morgan fingerprint density at radius 3 is 2.38 bits per heavy atom. The summed E-state index contributed by atoms with van der Waals surface area (Å²) in [6.07, 6.45) is 1.34. The second kappa shape index (κ2) is 7.78. The molecule has 0 aliphatic heterocycles. The number of carbonyl (C=O) groups is 1. The minimum Gasteiger partial charge on any atom is -0.473 e. The molecule has 0 fully saturated rings. The van der Waals surface area contributed by atoms with E-state index in [4.69, 9.17) is 4.74 Å². The molecule has 0 spiro atoms. The molecule has 0 bridgehead atoms. The number of benzene rings is 2. The molecule has 0 atom stereocenters. The molecule has 3 rings (SSSR count). The van der Waals surface area contributed by atoms with Gasteiger partial charge in [-0.15, -0.1) is 0 Å². The summed E-state index contributed by atoms with van der Waals surface area (Å²) in [5, 5.41) is 2.94. The van der Waals surface area contributed by atoms with E-state index in [-0.39, 0.29) is 11.6 Å². The van der Waals surface area contributed by atoms with Crippen LogP contribution in [0.1, 0.15) is 32.7 Å². The maximum atomic E-state index is 12.6. The van der Waals surface area contributed by atoms with Crippen LogP contribution in [-0.4, -0.2) is 15.9 Å². The molecule has 2 aromatic carbocycles. The van der Waals surface area contributed by atoms with Gasteiger partial charge >= 0.3 is 0 Å². The van der Waals surface area contributed by atoms with E-state index in [0.717, 1.165) is 27.9 Å². The zero-order chi connectivity index (χ0) is 18.5. The van der Waals surface area contributed by atoms with Crippen molar-refractivity contribution in [3.63, 3.8) is 0 Å². The van der Waals surface area contributed by atoms with E-state index >= 15 is 0 Å². The number of hydrogen-bond acceptors (Lipinski definition) is 4. The maximum absolute atomic E-state index is 12.6. The third-order valence-corrected chi connectivity index (χ3v) is 4.02. The van der Waals surface area contributed by atoms with Gasteiger partial charge in [0.25, 0.3) is 5.91 Å². The maximum Gasteiger partial charge on any atom is 0.274 e. The molecular formula is C21H21N3O2. The molecule has 3 aromatic rings. The lowest BCUT2D eigenvalue weighted by molar-refractivity contribution is 0.102. The Morgan fingerprint density at radius 1 is 1.00 bits per heavy atom. The fourth-order valence-corrected chi connectivity index (χ4v) is 2.83. The van der Waals surface area contributed by atoms with Gasteiger partial charge in [-0.3, -0.25) is 4.79 Å². The van der Waals surface area contributed by atoms with Crippen molar-refractivity contribution in [2.75, 3.05) is 5.32 Å². The van der Waals surface area contributed by atoms with Crippen molar-refractivity contribution >= 4 is 11.6 Å². The summed E-state index contributed by atoms with van der Waals surface area (Å²) in [4.78, 5) is 20.7. The number of aryl methyl sites for hydroxylation is 3. The molecule has 1 amide bonds. The number of nitrogens with zero attached hydrogens (tertiary/aromatic N) is 2. The lowest BCUT2D eigenvalue weighted by Gasteiger charge is -2.13. The van der Waals surface area contributed by atoms with Gasteiger partial charge in [0.2, 0.25) is 5.88 Å². The Bertz CT molecular complexity index is 901. The highest BCUT2D eigenvalue weighted by Crippen LogP contribution is 2.22. The van der Waals surface area contributed by atoms with Crippen molar-refractivity contribution in [3.8, 4) is 5.88 Å². The van der Waals surface area contributed by atoms with Crippen molar-refractivity contribution < 1.29 is 9.53 Å². The minimum absolute atomic E-state index is 0.266. The van der Waals surface area contributed by atoms with Gasteiger partial charge in [0, 0.05) is 11.8 Å². The summed E-state index contributed by atoms with van der Waals surface area (Å²) in [6.45, 7) is 6.37. The average molecular weight is 347 g/mol. The number of amides is 1. The monoisotopic (exact) mass is 347 g/mol. The normalized spacial score (nSPS) is 10.4. The van der Waals surface area contributed by atoms with E-state index < -0.39 is 0 Å². The van der Waals surface area contributed by atoms with Crippen LogP contribution in [0.2, 0.25) is 0 Å². The third-order valence-electron chi connectivity index (χ3n) is 4.02. The molecule has 0 saturated heterocycles. The summed E-state index contributed by atoms with van der Waals surface area (Å²) in [5.74, 6) is 0.0818. The van der Waals surface area contributed by atoms with Crippen LogP contribution in [0.5, 0.6) is 5.88 Å². The van der Waals surface area contributed by atoms with Crippen LogP contribution in [-0.2, 0) is 6.61 Å². The van der Waals surface area contributed by atoms with Crippen LogP contribution >= 0.6 is 0 Å². The zero-order valence-corrected chi connectivity index (χ0v) is 15.1. The molecule has 1 heterocycles. The smallest absolute Gasteiger partial charge is 0.274 e. The van der Waals surface area contributed by atoms with Crippen molar-refractivity contribution in [1.82, 2.24) is 9.97 Å². The van der Waals surface area contributed by atoms with Crippen LogP contribution in [0, 0.1) is 20.8 Å². The zero-order valence-electron chi connectivity index (χ0n) is 15.1. The Kier molecular flexibility index (Phi) is 5.27. The second-order valence-corrected chi connectivity index (χ2v) is 6.24. The molecule has 0 saturated carbocycles. The summed E-state index contributed by atoms with van der Waals surface area (Å²) in [6, 6.07) is 15.4. The Hall–Kier alpha value is -3.21. The molecule has 26 heavy (non-hydrogen) atoms. The highest BCUT2D eigenvalue weighted by atomic mass is 16.5. The second-order valence-electron chi connectivity index (χ2n) is 6.24. The number of rotatable bonds is 5. The Labute approximate surface area is 153 Å². The van der Waals surface area contributed by atoms with Crippen LogP contribution in [0.4, 0.5) is 5.69 Å². The molecule has 1 N–H and O–H groups in total. The lowest BCUT2D eigenvalue weighted by Crippen LogP contribution is -2.16. The van der Waals surface area contributed by atoms with E-state index in [2.05, 4.69) is 15.3 Å². The summed E-state index contributed by atoms with van der Waals surface area (Å²) in [7, 11) is 0. The molecule has 132 valence electrons. The summed E-state index contributed by atoms with van der Waals surface area (Å²) >= 11 is 0. The van der Waals surface area contributed by atoms with Gasteiger partial charge < -0.3 is 10.1 Å². The Balaban J connectivity index is 1.72. The van der Waals surface area contributed by atoms with Crippen LogP contribution in [0.3, 0.4) is 0 Å². The van der Waals surface area contributed by atoms with Gasteiger partial charge in [0.15, 0.2) is 0 Å². The predicted octanol–water partition coefficient (Wildman–Crippen LogP) is 4.23. The van der Waals surface area contributed by atoms with E-state index in [1.54, 1.807) is 6.07 Å². The molecule has 5 heteroatoms. The molecule has 0 unspecified atom stereocenters. The van der Waals surface area contributed by atoms with E-state index in [0.29, 0.717) is 12.5 Å². The number of nitrogens with one attached hydrogen (secondary N) is 1. The van der Waals surface area contributed by atoms with Gasteiger partial charge in [-0.1, -0.05) is 48.0 Å². The molecule has 1 aromatic heterocycles.